The van der Waals surface area contributed by atoms with Crippen LogP contribution in [0.3, 0.4) is 0 Å². The lowest BCUT2D eigenvalue weighted by Crippen LogP contribution is -2.59. The van der Waals surface area contributed by atoms with Gasteiger partial charge >= 0.3 is 6.18 Å². The lowest BCUT2D eigenvalue weighted by Gasteiger charge is -2.41. The van der Waals surface area contributed by atoms with Crippen LogP contribution in [0.1, 0.15) is 19.4 Å². The van der Waals surface area contributed by atoms with Crippen molar-refractivity contribution >= 4 is 5.91 Å². The molecule has 1 amide bonds. The van der Waals surface area contributed by atoms with E-state index in [1.54, 1.807) is 36.1 Å². The second-order valence-corrected chi connectivity index (χ2v) is 6.11. The predicted molar refractivity (Wildman–Crippen MR) is 81.7 cm³/mol. The van der Waals surface area contributed by atoms with E-state index >= 15 is 0 Å². The Kier molecular flexibility index (Phi) is 5.01. The van der Waals surface area contributed by atoms with Crippen LogP contribution in [0.2, 0.25) is 0 Å². The summed E-state index contributed by atoms with van der Waals surface area (Å²) in [5.74, 6) is -0.261. The van der Waals surface area contributed by atoms with Gasteiger partial charge in [-0.05, 0) is 19.4 Å². The van der Waals surface area contributed by atoms with E-state index in [9.17, 15) is 18.0 Å². The summed E-state index contributed by atoms with van der Waals surface area (Å²) in [6, 6.07) is 7.49. The number of halogens is 3. The van der Waals surface area contributed by atoms with E-state index in [-0.39, 0.29) is 32.1 Å². The van der Waals surface area contributed by atoms with E-state index in [0.29, 0.717) is 5.56 Å². The predicted octanol–water partition coefficient (Wildman–Crippen LogP) is 1.96. The maximum Gasteiger partial charge on any atom is 0.403 e. The van der Waals surface area contributed by atoms with Crippen LogP contribution in [0, 0.1) is 0 Å². The molecule has 7 heteroatoms. The summed E-state index contributed by atoms with van der Waals surface area (Å²) in [6.45, 7) is 3.66. The summed E-state index contributed by atoms with van der Waals surface area (Å²) in [4.78, 5) is 15.5. The van der Waals surface area contributed by atoms with Crippen molar-refractivity contribution in [3.63, 3.8) is 0 Å². The van der Waals surface area contributed by atoms with Gasteiger partial charge in [-0.3, -0.25) is 9.69 Å². The highest BCUT2D eigenvalue weighted by Gasteiger charge is 2.42. The maximum absolute atomic E-state index is 12.8. The zero-order chi connectivity index (χ0) is 17.3. The number of carbonyl (C=O) groups is 1. The first-order valence-corrected chi connectivity index (χ1v) is 7.58. The van der Waals surface area contributed by atoms with Crippen molar-refractivity contribution in [3.8, 4) is 0 Å². The second-order valence-electron chi connectivity index (χ2n) is 6.11. The fourth-order valence-electron chi connectivity index (χ4n) is 2.76. The van der Waals surface area contributed by atoms with Gasteiger partial charge in [-0.15, -0.1) is 0 Å². The van der Waals surface area contributed by atoms with Crippen molar-refractivity contribution in [1.29, 1.82) is 0 Å². The monoisotopic (exact) mass is 329 g/mol. The highest BCUT2D eigenvalue weighted by atomic mass is 19.4. The smallest absolute Gasteiger partial charge is 0.338 e. The largest absolute Gasteiger partial charge is 0.403 e. The fraction of sp³-hybridized carbons (Fsp3) is 0.562. The molecule has 0 saturated carbocycles. The Morgan fingerprint density at radius 3 is 2.13 bits per heavy atom. The number of benzene rings is 1. The third-order valence-electron chi connectivity index (χ3n) is 4.44. The summed E-state index contributed by atoms with van der Waals surface area (Å²) in [6.07, 6.45) is -4.25. The Morgan fingerprint density at radius 2 is 1.65 bits per heavy atom. The summed E-state index contributed by atoms with van der Waals surface area (Å²) < 4.78 is 38.3. The minimum absolute atomic E-state index is 0.192. The molecule has 128 valence electrons. The van der Waals surface area contributed by atoms with Crippen LogP contribution in [0.25, 0.3) is 0 Å². The average molecular weight is 329 g/mol. The van der Waals surface area contributed by atoms with E-state index < -0.39 is 17.8 Å². The van der Waals surface area contributed by atoms with E-state index in [2.05, 4.69) is 0 Å². The van der Waals surface area contributed by atoms with Gasteiger partial charge in [0.05, 0.1) is 0 Å². The van der Waals surface area contributed by atoms with Gasteiger partial charge in [0, 0.05) is 26.2 Å². The van der Waals surface area contributed by atoms with Crippen LogP contribution >= 0.6 is 0 Å². The first-order valence-electron chi connectivity index (χ1n) is 7.58. The minimum Gasteiger partial charge on any atom is -0.338 e. The normalized spacial score (nSPS) is 20.9. The molecule has 1 aromatic carbocycles. The van der Waals surface area contributed by atoms with Gasteiger partial charge in [-0.1, -0.05) is 30.3 Å². The summed E-state index contributed by atoms with van der Waals surface area (Å²) in [7, 11) is 0. The average Bonchev–Trinajstić information content (AvgIpc) is 2.53. The molecule has 2 unspecified atom stereocenters. The molecule has 2 N–H and O–H groups in total. The molecular weight excluding hydrogens is 307 g/mol. The molecule has 1 aromatic rings. The lowest BCUT2D eigenvalue weighted by molar-refractivity contribution is -0.183. The standard InChI is InChI=1S/C16H22F3N3O/c1-12(16(17,18)19)21-8-10-22(11-9-21)14(23)15(2,20)13-6-4-3-5-7-13/h3-7,12H,8-11,20H2,1-2H3. The fourth-order valence-corrected chi connectivity index (χ4v) is 2.76. The number of hydrogen-bond donors (Lipinski definition) is 1. The first-order chi connectivity index (χ1) is 10.6. The molecule has 0 bridgehead atoms. The highest BCUT2D eigenvalue weighted by Crippen LogP contribution is 2.26. The molecule has 0 spiro atoms. The van der Waals surface area contributed by atoms with Crippen molar-refractivity contribution in [2.24, 2.45) is 5.73 Å². The molecule has 1 aliphatic rings. The molecule has 1 heterocycles. The van der Waals surface area contributed by atoms with Gasteiger partial charge in [0.15, 0.2) is 0 Å². The molecule has 0 aromatic heterocycles. The molecule has 0 radical (unpaired) electrons. The zero-order valence-corrected chi connectivity index (χ0v) is 13.3. The van der Waals surface area contributed by atoms with E-state index in [4.69, 9.17) is 5.73 Å². The lowest BCUT2D eigenvalue weighted by atomic mass is 9.91. The van der Waals surface area contributed by atoms with E-state index in [1.165, 1.54) is 4.90 Å². The summed E-state index contributed by atoms with van der Waals surface area (Å²) in [5.41, 5.74) is 5.70. The summed E-state index contributed by atoms with van der Waals surface area (Å²) in [5, 5.41) is 0. The number of amides is 1. The van der Waals surface area contributed by atoms with Gasteiger partial charge < -0.3 is 10.6 Å². The topological polar surface area (TPSA) is 49.6 Å². The van der Waals surface area contributed by atoms with E-state index in [1.807, 2.05) is 6.07 Å². The van der Waals surface area contributed by atoms with Crippen LogP contribution in [0.5, 0.6) is 0 Å². The van der Waals surface area contributed by atoms with Crippen LogP contribution in [0.15, 0.2) is 30.3 Å². The van der Waals surface area contributed by atoms with Gasteiger partial charge in [-0.2, -0.15) is 13.2 Å². The zero-order valence-electron chi connectivity index (χ0n) is 13.3. The summed E-state index contributed by atoms with van der Waals surface area (Å²) >= 11 is 0. The van der Waals surface area contributed by atoms with E-state index in [0.717, 1.165) is 6.92 Å². The van der Waals surface area contributed by atoms with Gasteiger partial charge in [-0.25, -0.2) is 0 Å². The van der Waals surface area contributed by atoms with Crippen molar-refractivity contribution < 1.29 is 18.0 Å². The number of hydrogen-bond acceptors (Lipinski definition) is 3. The Hall–Kier alpha value is -1.60. The van der Waals surface area contributed by atoms with Crippen molar-refractivity contribution in [2.45, 2.75) is 31.6 Å². The number of alkyl halides is 3. The molecule has 4 nitrogen and oxygen atoms in total. The molecule has 2 atom stereocenters. The van der Waals surface area contributed by atoms with Crippen molar-refractivity contribution in [3.05, 3.63) is 35.9 Å². The SMILES string of the molecule is CC(N1CCN(C(=O)C(C)(N)c2ccccc2)CC1)C(F)(F)F. The number of nitrogens with two attached hydrogens (primary N) is 1. The van der Waals surface area contributed by atoms with Crippen LogP contribution in [-0.2, 0) is 10.3 Å². The molecule has 0 aliphatic carbocycles. The highest BCUT2D eigenvalue weighted by molar-refractivity contribution is 5.87. The van der Waals surface area contributed by atoms with Crippen LogP contribution in [0.4, 0.5) is 13.2 Å². The third kappa shape index (κ3) is 3.84. The van der Waals surface area contributed by atoms with Crippen molar-refractivity contribution in [2.75, 3.05) is 26.2 Å². The van der Waals surface area contributed by atoms with Crippen LogP contribution in [-0.4, -0.2) is 54.1 Å². The molecule has 2 rings (SSSR count). The maximum atomic E-state index is 12.8. The van der Waals surface area contributed by atoms with Gasteiger partial charge in [0.2, 0.25) is 5.91 Å². The molecular formula is C16H22F3N3O. The Morgan fingerprint density at radius 1 is 1.13 bits per heavy atom. The number of nitrogens with zero attached hydrogens (tertiary/aromatic N) is 2. The number of rotatable bonds is 3. The second kappa shape index (κ2) is 6.49. The first kappa shape index (κ1) is 17.7. The number of carbonyl (C=O) groups excluding carboxylic acids is 1. The Bertz CT molecular complexity index is 537. The van der Waals surface area contributed by atoms with Crippen LogP contribution < -0.4 is 5.73 Å². The minimum atomic E-state index is -4.25. The quantitative estimate of drug-likeness (QED) is 0.922. The Balaban J connectivity index is 2.01. The Labute approximate surface area is 134 Å². The number of piperazine rings is 1. The molecule has 1 saturated heterocycles. The third-order valence-corrected chi connectivity index (χ3v) is 4.44. The van der Waals surface area contributed by atoms with Gasteiger partial charge in [0.25, 0.3) is 0 Å². The molecule has 23 heavy (non-hydrogen) atoms. The molecule has 1 fully saturated rings. The van der Waals surface area contributed by atoms with Gasteiger partial charge in [0.1, 0.15) is 11.6 Å². The molecule has 1 aliphatic heterocycles. The van der Waals surface area contributed by atoms with Crippen molar-refractivity contribution in [1.82, 2.24) is 9.80 Å².